The second-order valence-electron chi connectivity index (χ2n) is 4.95. The topological polar surface area (TPSA) is 18.5 Å². The molecule has 0 aliphatic rings. The van der Waals surface area contributed by atoms with Crippen LogP contribution in [-0.2, 0) is 9.47 Å². The third kappa shape index (κ3) is 5.95. The molecule has 0 rings (SSSR count). The molecule has 0 heterocycles. The van der Waals surface area contributed by atoms with Crippen LogP contribution in [0.15, 0.2) is 12.7 Å². The number of hydrogen-bond acceptors (Lipinski definition) is 2. The Morgan fingerprint density at radius 1 is 1.27 bits per heavy atom. The molecule has 0 aromatic carbocycles. The normalized spacial score (nSPS) is 18.3. The molecule has 0 unspecified atom stereocenters. The second-order valence-corrected chi connectivity index (χ2v) is 4.95. The molecule has 0 N–H and O–H groups in total. The molecule has 0 saturated carbocycles. The molecule has 0 radical (unpaired) electrons. The van der Waals surface area contributed by atoms with Crippen molar-refractivity contribution < 1.29 is 9.47 Å². The predicted octanol–water partition coefficient (Wildman–Crippen LogP) is 3.42. The highest BCUT2D eigenvalue weighted by atomic mass is 16.5. The van der Waals surface area contributed by atoms with Gasteiger partial charge >= 0.3 is 0 Å². The summed E-state index contributed by atoms with van der Waals surface area (Å²) in [5.74, 6) is 0.321. The van der Waals surface area contributed by atoms with Crippen LogP contribution in [0.1, 0.15) is 41.5 Å². The maximum atomic E-state index is 5.90. The Balaban J connectivity index is 4.27. The standard InChI is InChI=1S/C13H26O2/c1-8-12(14-9-2)10(3)11(4)15-13(5,6)7/h8,10-12H,1,9H2,2-7H3/t10-,11+,12-/m1/s1. The summed E-state index contributed by atoms with van der Waals surface area (Å²) in [5, 5.41) is 0. The van der Waals surface area contributed by atoms with Gasteiger partial charge < -0.3 is 9.47 Å². The molecular formula is C13H26O2. The minimum Gasteiger partial charge on any atom is -0.374 e. The second kappa shape index (κ2) is 6.29. The lowest BCUT2D eigenvalue weighted by molar-refractivity contribution is -0.0969. The van der Waals surface area contributed by atoms with E-state index in [4.69, 9.17) is 9.47 Å². The van der Waals surface area contributed by atoms with Gasteiger partial charge in [0.2, 0.25) is 0 Å². The molecule has 0 spiro atoms. The molecule has 90 valence electrons. The van der Waals surface area contributed by atoms with Crippen molar-refractivity contribution in [3.63, 3.8) is 0 Å². The molecule has 0 aromatic rings. The van der Waals surface area contributed by atoms with Gasteiger partial charge in [0.05, 0.1) is 17.8 Å². The average Bonchev–Trinajstić information content (AvgIpc) is 2.10. The molecule has 0 aliphatic carbocycles. The molecule has 0 aromatic heterocycles. The van der Waals surface area contributed by atoms with Gasteiger partial charge in [-0.1, -0.05) is 13.0 Å². The van der Waals surface area contributed by atoms with E-state index in [0.717, 1.165) is 0 Å². The molecule has 0 bridgehead atoms. The van der Waals surface area contributed by atoms with Crippen molar-refractivity contribution in [1.82, 2.24) is 0 Å². The van der Waals surface area contributed by atoms with Gasteiger partial charge in [0.25, 0.3) is 0 Å². The van der Waals surface area contributed by atoms with Gasteiger partial charge in [0, 0.05) is 12.5 Å². The number of hydrogen-bond donors (Lipinski definition) is 0. The van der Waals surface area contributed by atoms with E-state index in [-0.39, 0.29) is 17.8 Å². The molecule has 15 heavy (non-hydrogen) atoms. The van der Waals surface area contributed by atoms with Crippen LogP contribution in [0.2, 0.25) is 0 Å². The van der Waals surface area contributed by atoms with E-state index in [2.05, 4.69) is 41.2 Å². The van der Waals surface area contributed by atoms with E-state index in [1.165, 1.54) is 0 Å². The van der Waals surface area contributed by atoms with Gasteiger partial charge in [-0.3, -0.25) is 0 Å². The molecule has 0 aliphatic heterocycles. The predicted molar refractivity (Wildman–Crippen MR) is 65.1 cm³/mol. The first-order chi connectivity index (χ1) is 6.81. The Bertz CT molecular complexity index is 181. The lowest BCUT2D eigenvalue weighted by Gasteiger charge is -2.32. The summed E-state index contributed by atoms with van der Waals surface area (Å²) in [4.78, 5) is 0. The number of ether oxygens (including phenoxy) is 2. The van der Waals surface area contributed by atoms with Crippen LogP contribution >= 0.6 is 0 Å². The van der Waals surface area contributed by atoms with E-state index in [1.807, 2.05) is 13.0 Å². The van der Waals surface area contributed by atoms with Crippen molar-refractivity contribution in [2.24, 2.45) is 5.92 Å². The van der Waals surface area contributed by atoms with E-state index in [9.17, 15) is 0 Å². The van der Waals surface area contributed by atoms with Crippen molar-refractivity contribution in [3.05, 3.63) is 12.7 Å². The Morgan fingerprint density at radius 2 is 1.80 bits per heavy atom. The highest BCUT2D eigenvalue weighted by Gasteiger charge is 2.25. The lowest BCUT2D eigenvalue weighted by atomic mass is 9.98. The smallest absolute Gasteiger partial charge is 0.0803 e. The maximum Gasteiger partial charge on any atom is 0.0803 e. The van der Waals surface area contributed by atoms with Gasteiger partial charge in [-0.15, -0.1) is 6.58 Å². The zero-order valence-electron chi connectivity index (χ0n) is 11.0. The van der Waals surface area contributed by atoms with Gasteiger partial charge in [0.1, 0.15) is 0 Å². The van der Waals surface area contributed by atoms with Crippen molar-refractivity contribution in [1.29, 1.82) is 0 Å². The Hall–Kier alpha value is -0.340. The van der Waals surface area contributed by atoms with Crippen LogP contribution in [-0.4, -0.2) is 24.4 Å². The van der Waals surface area contributed by atoms with Gasteiger partial charge in [0.15, 0.2) is 0 Å². The summed E-state index contributed by atoms with van der Waals surface area (Å²) in [6.45, 7) is 16.9. The van der Waals surface area contributed by atoms with E-state index in [1.54, 1.807) is 0 Å². The lowest BCUT2D eigenvalue weighted by Crippen LogP contribution is -2.35. The molecule has 0 fully saturated rings. The SMILES string of the molecule is C=C[C@@H](OCC)[C@H](C)[C@H](C)OC(C)(C)C. The van der Waals surface area contributed by atoms with Gasteiger partial charge in [-0.05, 0) is 34.6 Å². The zero-order chi connectivity index (χ0) is 12.1. The fraction of sp³-hybridized carbons (Fsp3) is 0.846. The van der Waals surface area contributed by atoms with Gasteiger partial charge in [-0.2, -0.15) is 0 Å². The summed E-state index contributed by atoms with van der Waals surface area (Å²) >= 11 is 0. The monoisotopic (exact) mass is 214 g/mol. The van der Waals surface area contributed by atoms with Crippen LogP contribution in [0.5, 0.6) is 0 Å². The third-order valence-electron chi connectivity index (χ3n) is 2.39. The highest BCUT2D eigenvalue weighted by Crippen LogP contribution is 2.21. The van der Waals surface area contributed by atoms with Gasteiger partial charge in [-0.25, -0.2) is 0 Å². The fourth-order valence-corrected chi connectivity index (χ4v) is 1.56. The largest absolute Gasteiger partial charge is 0.374 e. The van der Waals surface area contributed by atoms with E-state index >= 15 is 0 Å². The van der Waals surface area contributed by atoms with Crippen LogP contribution in [0.25, 0.3) is 0 Å². The average molecular weight is 214 g/mol. The van der Waals surface area contributed by atoms with Crippen molar-refractivity contribution >= 4 is 0 Å². The number of rotatable bonds is 6. The molecule has 0 saturated heterocycles. The van der Waals surface area contributed by atoms with Crippen LogP contribution in [0.4, 0.5) is 0 Å². The van der Waals surface area contributed by atoms with Crippen LogP contribution in [0.3, 0.4) is 0 Å². The molecular weight excluding hydrogens is 188 g/mol. The summed E-state index contributed by atoms with van der Waals surface area (Å²) < 4.78 is 11.5. The minimum atomic E-state index is -0.106. The summed E-state index contributed by atoms with van der Waals surface area (Å²) in [7, 11) is 0. The van der Waals surface area contributed by atoms with Crippen LogP contribution in [0, 0.1) is 5.92 Å². The first-order valence-electron chi connectivity index (χ1n) is 5.73. The van der Waals surface area contributed by atoms with Crippen molar-refractivity contribution in [3.8, 4) is 0 Å². The fourth-order valence-electron chi connectivity index (χ4n) is 1.56. The first-order valence-corrected chi connectivity index (χ1v) is 5.73. The molecule has 3 atom stereocenters. The Morgan fingerprint density at radius 3 is 2.13 bits per heavy atom. The van der Waals surface area contributed by atoms with Crippen LogP contribution < -0.4 is 0 Å². The molecule has 2 nitrogen and oxygen atoms in total. The summed E-state index contributed by atoms with van der Waals surface area (Å²) in [6.07, 6.45) is 2.10. The molecule has 2 heteroatoms. The van der Waals surface area contributed by atoms with E-state index < -0.39 is 0 Å². The first kappa shape index (κ1) is 14.7. The highest BCUT2D eigenvalue weighted by molar-refractivity contribution is 4.87. The zero-order valence-corrected chi connectivity index (χ0v) is 11.0. The van der Waals surface area contributed by atoms with Crippen molar-refractivity contribution in [2.75, 3.05) is 6.61 Å². The minimum absolute atomic E-state index is 0.0762. The summed E-state index contributed by atoms with van der Waals surface area (Å²) in [6, 6.07) is 0. The summed E-state index contributed by atoms with van der Waals surface area (Å²) in [5.41, 5.74) is -0.106. The molecule has 0 amide bonds. The maximum absolute atomic E-state index is 5.90. The Labute approximate surface area is 94.7 Å². The van der Waals surface area contributed by atoms with E-state index in [0.29, 0.717) is 12.5 Å². The quantitative estimate of drug-likeness (QED) is 0.631. The Kier molecular flexibility index (Phi) is 6.15. The van der Waals surface area contributed by atoms with Crippen molar-refractivity contribution in [2.45, 2.75) is 59.4 Å². The third-order valence-corrected chi connectivity index (χ3v) is 2.39.